The van der Waals surface area contributed by atoms with Gasteiger partial charge in [0.25, 0.3) is 0 Å². The minimum atomic E-state index is 0.287. The molecule has 0 aromatic heterocycles. The van der Waals surface area contributed by atoms with Crippen LogP contribution in [0.3, 0.4) is 0 Å². The summed E-state index contributed by atoms with van der Waals surface area (Å²) in [5.41, 5.74) is 4.04. The molecule has 0 spiro atoms. The van der Waals surface area contributed by atoms with Crippen molar-refractivity contribution in [2.75, 3.05) is 26.2 Å². The highest BCUT2D eigenvalue weighted by molar-refractivity contribution is 5.79. The lowest BCUT2D eigenvalue weighted by atomic mass is 9.97. The molecule has 0 bridgehead atoms. The van der Waals surface area contributed by atoms with Gasteiger partial charge < -0.3 is 4.90 Å². The highest BCUT2D eigenvalue weighted by atomic mass is 16.2. The van der Waals surface area contributed by atoms with E-state index in [4.69, 9.17) is 0 Å². The number of carbonyl (C=O) groups is 1. The molecule has 0 radical (unpaired) electrons. The van der Waals surface area contributed by atoms with Crippen molar-refractivity contribution in [3.63, 3.8) is 0 Å². The van der Waals surface area contributed by atoms with E-state index in [1.165, 1.54) is 16.7 Å². The number of piperazine rings is 1. The Labute approximate surface area is 192 Å². The van der Waals surface area contributed by atoms with E-state index in [0.717, 1.165) is 51.7 Å². The van der Waals surface area contributed by atoms with Crippen LogP contribution in [0, 0.1) is 0 Å². The molecule has 1 aliphatic rings. The molecule has 3 aromatic carbocycles. The zero-order valence-electron chi connectivity index (χ0n) is 18.9. The Kier molecular flexibility index (Phi) is 8.11. The summed E-state index contributed by atoms with van der Waals surface area (Å²) in [7, 11) is 0. The van der Waals surface area contributed by atoms with Crippen LogP contribution in [0.1, 0.15) is 29.5 Å². The number of benzene rings is 3. The third-order valence-corrected chi connectivity index (χ3v) is 6.55. The van der Waals surface area contributed by atoms with Crippen LogP contribution in [0.5, 0.6) is 0 Å². The van der Waals surface area contributed by atoms with Crippen molar-refractivity contribution >= 4 is 5.91 Å². The highest BCUT2D eigenvalue weighted by Gasteiger charge is 2.29. The van der Waals surface area contributed by atoms with Gasteiger partial charge in [0.2, 0.25) is 5.91 Å². The smallest absolute Gasteiger partial charge is 0.237 e. The van der Waals surface area contributed by atoms with Crippen LogP contribution in [0.15, 0.2) is 91.0 Å². The highest BCUT2D eigenvalue weighted by Crippen LogP contribution is 2.19. The van der Waals surface area contributed by atoms with Gasteiger partial charge in [-0.15, -0.1) is 0 Å². The Morgan fingerprint density at radius 1 is 0.625 bits per heavy atom. The van der Waals surface area contributed by atoms with E-state index >= 15 is 0 Å². The van der Waals surface area contributed by atoms with Gasteiger partial charge in [0.1, 0.15) is 0 Å². The van der Waals surface area contributed by atoms with E-state index in [9.17, 15) is 4.79 Å². The number of aryl methyl sites for hydroxylation is 2. The maximum atomic E-state index is 13.2. The Bertz CT molecular complexity index is 899. The van der Waals surface area contributed by atoms with Crippen LogP contribution in [0.4, 0.5) is 0 Å². The molecule has 4 rings (SSSR count). The molecule has 0 aliphatic carbocycles. The molecule has 3 heteroatoms. The van der Waals surface area contributed by atoms with Gasteiger partial charge >= 0.3 is 0 Å². The average molecular weight is 427 g/mol. The molecule has 0 unspecified atom stereocenters. The maximum Gasteiger partial charge on any atom is 0.237 e. The fraction of sp³-hybridized carbons (Fsp3) is 0.345. The average Bonchev–Trinajstić information content (AvgIpc) is 2.85. The second kappa shape index (κ2) is 11.6. The van der Waals surface area contributed by atoms with Gasteiger partial charge in [0.05, 0.1) is 6.54 Å². The maximum absolute atomic E-state index is 13.2. The van der Waals surface area contributed by atoms with Gasteiger partial charge in [-0.3, -0.25) is 9.69 Å². The molecular formula is C29H34N2O. The molecule has 1 amide bonds. The summed E-state index contributed by atoms with van der Waals surface area (Å²) in [6.45, 7) is 3.29. The Morgan fingerprint density at radius 3 is 1.56 bits per heavy atom. The van der Waals surface area contributed by atoms with Crippen LogP contribution >= 0.6 is 0 Å². The minimum Gasteiger partial charge on any atom is -0.337 e. The Hall–Kier alpha value is -2.91. The molecule has 0 atom stereocenters. The van der Waals surface area contributed by atoms with Crippen LogP contribution in [0.25, 0.3) is 0 Å². The summed E-state index contributed by atoms with van der Waals surface area (Å²) in [6.07, 6.45) is 5.07. The number of rotatable bonds is 10. The lowest BCUT2D eigenvalue weighted by Crippen LogP contribution is -2.54. The van der Waals surface area contributed by atoms with Crippen molar-refractivity contribution in [2.24, 2.45) is 0 Å². The zero-order valence-corrected chi connectivity index (χ0v) is 18.9. The van der Waals surface area contributed by atoms with Gasteiger partial charge in [-0.25, -0.2) is 0 Å². The second-order valence-corrected chi connectivity index (χ2v) is 8.80. The van der Waals surface area contributed by atoms with Gasteiger partial charge in [-0.1, -0.05) is 91.0 Å². The first-order valence-corrected chi connectivity index (χ1v) is 11.9. The van der Waals surface area contributed by atoms with Gasteiger partial charge in [-0.2, -0.15) is 0 Å². The molecule has 166 valence electrons. The minimum absolute atomic E-state index is 0.287. The van der Waals surface area contributed by atoms with Crippen molar-refractivity contribution in [1.82, 2.24) is 9.80 Å². The van der Waals surface area contributed by atoms with Crippen LogP contribution in [-0.2, 0) is 24.1 Å². The summed E-state index contributed by atoms with van der Waals surface area (Å²) in [5, 5.41) is 0. The monoisotopic (exact) mass is 426 g/mol. The Morgan fingerprint density at radius 2 is 1.09 bits per heavy atom. The quantitative estimate of drug-likeness (QED) is 0.455. The second-order valence-electron chi connectivity index (χ2n) is 8.80. The van der Waals surface area contributed by atoms with E-state index in [-0.39, 0.29) is 5.91 Å². The topological polar surface area (TPSA) is 23.6 Å². The van der Waals surface area contributed by atoms with E-state index < -0.39 is 0 Å². The molecule has 3 nitrogen and oxygen atoms in total. The number of nitrogens with zero attached hydrogens (tertiary/aromatic N) is 2. The first-order valence-electron chi connectivity index (χ1n) is 11.9. The Balaban J connectivity index is 1.35. The summed E-state index contributed by atoms with van der Waals surface area (Å²) in [5.74, 6) is 0.287. The fourth-order valence-corrected chi connectivity index (χ4v) is 4.66. The fourth-order valence-electron chi connectivity index (χ4n) is 4.66. The standard InChI is InChI=1S/C29H34N2O/c32-29-24-30(21-20-27-14-8-3-9-15-27)22-23-31(29)28(18-16-25-10-4-1-5-11-25)19-17-26-12-6-2-7-13-26/h1-15,28H,16-24H2. The van der Waals surface area contributed by atoms with Gasteiger partial charge in [0, 0.05) is 25.7 Å². The summed E-state index contributed by atoms with van der Waals surface area (Å²) >= 11 is 0. The van der Waals surface area contributed by atoms with Crippen molar-refractivity contribution in [2.45, 2.75) is 38.1 Å². The molecule has 1 saturated heterocycles. The van der Waals surface area contributed by atoms with E-state index in [1.54, 1.807) is 0 Å². The summed E-state index contributed by atoms with van der Waals surface area (Å²) < 4.78 is 0. The predicted octanol–water partition coefficient (Wildman–Crippen LogP) is 5.01. The number of hydrogen-bond donors (Lipinski definition) is 0. The molecule has 1 heterocycles. The normalized spacial score (nSPS) is 14.8. The predicted molar refractivity (Wildman–Crippen MR) is 132 cm³/mol. The number of hydrogen-bond acceptors (Lipinski definition) is 2. The van der Waals surface area contributed by atoms with Crippen molar-refractivity contribution in [3.05, 3.63) is 108 Å². The molecule has 0 N–H and O–H groups in total. The third-order valence-electron chi connectivity index (χ3n) is 6.55. The van der Waals surface area contributed by atoms with Gasteiger partial charge in [0.15, 0.2) is 0 Å². The third kappa shape index (κ3) is 6.54. The molecule has 32 heavy (non-hydrogen) atoms. The zero-order chi connectivity index (χ0) is 22.0. The first-order chi connectivity index (χ1) is 15.8. The summed E-state index contributed by atoms with van der Waals surface area (Å²) in [4.78, 5) is 17.7. The van der Waals surface area contributed by atoms with Crippen LogP contribution in [-0.4, -0.2) is 47.9 Å². The van der Waals surface area contributed by atoms with Crippen molar-refractivity contribution in [1.29, 1.82) is 0 Å². The lowest BCUT2D eigenvalue weighted by molar-refractivity contribution is -0.139. The first kappa shape index (κ1) is 22.3. The van der Waals surface area contributed by atoms with Gasteiger partial charge in [-0.05, 0) is 48.8 Å². The largest absolute Gasteiger partial charge is 0.337 e. The SMILES string of the molecule is O=C1CN(CCc2ccccc2)CCN1C(CCc1ccccc1)CCc1ccccc1. The molecule has 1 fully saturated rings. The molecule has 1 aliphatic heterocycles. The van der Waals surface area contributed by atoms with Crippen LogP contribution in [0.2, 0.25) is 0 Å². The summed E-state index contributed by atoms with van der Waals surface area (Å²) in [6, 6.07) is 32.2. The number of carbonyl (C=O) groups excluding carboxylic acids is 1. The van der Waals surface area contributed by atoms with Crippen molar-refractivity contribution < 1.29 is 4.79 Å². The molecule has 0 saturated carbocycles. The van der Waals surface area contributed by atoms with E-state index in [2.05, 4.69) is 101 Å². The lowest BCUT2D eigenvalue weighted by Gasteiger charge is -2.39. The molecule has 3 aromatic rings. The van der Waals surface area contributed by atoms with Crippen molar-refractivity contribution in [3.8, 4) is 0 Å². The van der Waals surface area contributed by atoms with Crippen LogP contribution < -0.4 is 0 Å². The molecular weight excluding hydrogens is 392 g/mol. The van der Waals surface area contributed by atoms with E-state index in [0.29, 0.717) is 12.6 Å². The van der Waals surface area contributed by atoms with E-state index in [1.807, 2.05) is 0 Å². The number of amides is 1.